The summed E-state index contributed by atoms with van der Waals surface area (Å²) in [6.45, 7) is -0.102. The fourth-order valence-corrected chi connectivity index (χ4v) is 1.28. The highest BCUT2D eigenvalue weighted by Crippen LogP contribution is 2.19. The zero-order chi connectivity index (χ0) is 12.3. The van der Waals surface area contributed by atoms with Crippen LogP contribution in [-0.4, -0.2) is 24.0 Å². The molecule has 1 aromatic carbocycles. The number of benzene rings is 1. The van der Waals surface area contributed by atoms with E-state index in [9.17, 15) is 18.0 Å². The number of alkyl halides is 3. The van der Waals surface area contributed by atoms with E-state index in [2.05, 4.69) is 0 Å². The SMILES string of the molecule is CN(Cc1ccc(Cl)cc1)C(=O)C(F)(F)F. The first-order chi connectivity index (χ1) is 7.30. The van der Waals surface area contributed by atoms with Crippen molar-refractivity contribution < 1.29 is 18.0 Å². The third-order valence-corrected chi connectivity index (χ3v) is 2.17. The Bertz CT molecular complexity index is 375. The molecule has 0 fully saturated rings. The normalized spacial score (nSPS) is 11.3. The molecule has 0 unspecified atom stereocenters. The molecule has 0 N–H and O–H groups in total. The van der Waals surface area contributed by atoms with E-state index in [0.29, 0.717) is 15.5 Å². The minimum atomic E-state index is -4.83. The largest absolute Gasteiger partial charge is 0.471 e. The van der Waals surface area contributed by atoms with Crippen LogP contribution in [0, 0.1) is 0 Å². The molecular weight excluding hydrogens is 243 g/mol. The summed E-state index contributed by atoms with van der Waals surface area (Å²) in [5.74, 6) is -1.86. The number of rotatable bonds is 2. The summed E-state index contributed by atoms with van der Waals surface area (Å²) in [5.41, 5.74) is 0.588. The van der Waals surface area contributed by atoms with Crippen molar-refractivity contribution in [1.82, 2.24) is 4.90 Å². The summed E-state index contributed by atoms with van der Waals surface area (Å²) in [6, 6.07) is 6.26. The second-order valence-corrected chi connectivity index (χ2v) is 3.72. The van der Waals surface area contributed by atoms with Crippen LogP contribution >= 0.6 is 11.6 Å². The number of halogens is 4. The van der Waals surface area contributed by atoms with Gasteiger partial charge in [-0.15, -0.1) is 0 Å². The summed E-state index contributed by atoms with van der Waals surface area (Å²) in [4.78, 5) is 11.4. The zero-order valence-electron chi connectivity index (χ0n) is 8.38. The fraction of sp³-hybridized carbons (Fsp3) is 0.300. The van der Waals surface area contributed by atoms with Crippen LogP contribution in [0.15, 0.2) is 24.3 Å². The van der Waals surface area contributed by atoms with Gasteiger partial charge >= 0.3 is 12.1 Å². The van der Waals surface area contributed by atoms with Gasteiger partial charge in [-0.05, 0) is 17.7 Å². The summed E-state index contributed by atoms with van der Waals surface area (Å²) in [7, 11) is 1.10. The van der Waals surface area contributed by atoms with Gasteiger partial charge in [0.05, 0.1) is 0 Å². The molecule has 0 bridgehead atoms. The molecule has 0 saturated carbocycles. The Hall–Kier alpha value is -1.23. The molecule has 0 aliphatic rings. The minimum absolute atomic E-state index is 0.102. The Labute approximate surface area is 95.6 Å². The molecule has 0 radical (unpaired) electrons. The van der Waals surface area contributed by atoms with Gasteiger partial charge in [0, 0.05) is 18.6 Å². The minimum Gasteiger partial charge on any atom is -0.334 e. The van der Waals surface area contributed by atoms with Crippen LogP contribution in [-0.2, 0) is 11.3 Å². The van der Waals surface area contributed by atoms with Crippen LogP contribution < -0.4 is 0 Å². The fourth-order valence-electron chi connectivity index (χ4n) is 1.15. The monoisotopic (exact) mass is 251 g/mol. The molecule has 2 nitrogen and oxygen atoms in total. The first-order valence-electron chi connectivity index (χ1n) is 4.37. The summed E-state index contributed by atoms with van der Waals surface area (Å²) < 4.78 is 36.2. The predicted molar refractivity (Wildman–Crippen MR) is 54.0 cm³/mol. The van der Waals surface area contributed by atoms with E-state index >= 15 is 0 Å². The van der Waals surface area contributed by atoms with E-state index in [4.69, 9.17) is 11.6 Å². The summed E-state index contributed by atoms with van der Waals surface area (Å²) in [5, 5.41) is 0.494. The Morgan fingerprint density at radius 3 is 2.25 bits per heavy atom. The van der Waals surface area contributed by atoms with E-state index in [1.165, 1.54) is 0 Å². The van der Waals surface area contributed by atoms with Gasteiger partial charge in [0.25, 0.3) is 0 Å². The lowest BCUT2D eigenvalue weighted by atomic mass is 10.2. The number of amides is 1. The van der Waals surface area contributed by atoms with Gasteiger partial charge in [0.2, 0.25) is 0 Å². The number of hydrogen-bond donors (Lipinski definition) is 0. The maximum atomic E-state index is 12.1. The van der Waals surface area contributed by atoms with Crippen LogP contribution in [0.1, 0.15) is 5.56 Å². The van der Waals surface area contributed by atoms with Crippen LogP contribution in [0.3, 0.4) is 0 Å². The second-order valence-electron chi connectivity index (χ2n) is 3.29. The average Bonchev–Trinajstić information content (AvgIpc) is 2.19. The molecule has 0 aliphatic carbocycles. The molecule has 88 valence electrons. The summed E-state index contributed by atoms with van der Waals surface area (Å²) >= 11 is 5.62. The Balaban J connectivity index is 2.68. The first kappa shape index (κ1) is 12.8. The lowest BCUT2D eigenvalue weighted by Crippen LogP contribution is -2.37. The van der Waals surface area contributed by atoms with Crippen molar-refractivity contribution in [2.24, 2.45) is 0 Å². The van der Waals surface area contributed by atoms with Crippen molar-refractivity contribution in [3.63, 3.8) is 0 Å². The smallest absolute Gasteiger partial charge is 0.334 e. The van der Waals surface area contributed by atoms with Crippen molar-refractivity contribution in [3.05, 3.63) is 34.9 Å². The van der Waals surface area contributed by atoms with E-state index < -0.39 is 12.1 Å². The molecular formula is C10H9ClF3NO. The van der Waals surface area contributed by atoms with Crippen molar-refractivity contribution >= 4 is 17.5 Å². The van der Waals surface area contributed by atoms with E-state index in [0.717, 1.165) is 7.05 Å². The zero-order valence-corrected chi connectivity index (χ0v) is 9.14. The highest BCUT2D eigenvalue weighted by Gasteiger charge is 2.41. The van der Waals surface area contributed by atoms with Crippen molar-refractivity contribution in [1.29, 1.82) is 0 Å². The highest BCUT2D eigenvalue weighted by molar-refractivity contribution is 6.30. The molecule has 0 heterocycles. The second kappa shape index (κ2) is 4.74. The van der Waals surface area contributed by atoms with Gasteiger partial charge in [-0.2, -0.15) is 13.2 Å². The predicted octanol–water partition coefficient (Wildman–Crippen LogP) is 2.86. The first-order valence-corrected chi connectivity index (χ1v) is 4.75. The molecule has 0 aromatic heterocycles. The summed E-state index contributed by atoms with van der Waals surface area (Å²) in [6.07, 6.45) is -4.83. The third kappa shape index (κ3) is 3.41. The number of carbonyl (C=O) groups excluding carboxylic acids is 1. The van der Waals surface area contributed by atoms with Gasteiger partial charge in [-0.25, -0.2) is 0 Å². The van der Waals surface area contributed by atoms with Gasteiger partial charge < -0.3 is 4.90 Å². The molecule has 16 heavy (non-hydrogen) atoms. The standard InChI is InChI=1S/C10H9ClF3NO/c1-15(9(16)10(12,13)14)6-7-2-4-8(11)5-3-7/h2-5H,6H2,1H3. The van der Waals surface area contributed by atoms with Gasteiger partial charge in [-0.1, -0.05) is 23.7 Å². The number of carbonyl (C=O) groups is 1. The molecule has 0 aliphatic heterocycles. The molecule has 1 amide bonds. The molecule has 0 saturated heterocycles. The van der Waals surface area contributed by atoms with Gasteiger partial charge in [0.1, 0.15) is 0 Å². The maximum absolute atomic E-state index is 12.1. The molecule has 1 aromatic rings. The van der Waals surface area contributed by atoms with Crippen LogP contribution in [0.2, 0.25) is 5.02 Å². The molecule has 0 spiro atoms. The molecule has 1 rings (SSSR count). The average molecular weight is 252 g/mol. The number of nitrogens with zero attached hydrogens (tertiary/aromatic N) is 1. The van der Waals surface area contributed by atoms with E-state index in [-0.39, 0.29) is 6.54 Å². The van der Waals surface area contributed by atoms with Crippen molar-refractivity contribution in [2.45, 2.75) is 12.7 Å². The highest BCUT2D eigenvalue weighted by atomic mass is 35.5. The van der Waals surface area contributed by atoms with Crippen molar-refractivity contribution in [3.8, 4) is 0 Å². The van der Waals surface area contributed by atoms with E-state index in [1.807, 2.05) is 0 Å². The Morgan fingerprint density at radius 1 is 1.31 bits per heavy atom. The van der Waals surface area contributed by atoms with E-state index in [1.54, 1.807) is 24.3 Å². The third-order valence-electron chi connectivity index (χ3n) is 1.92. The molecule has 0 atom stereocenters. The lowest BCUT2D eigenvalue weighted by Gasteiger charge is -2.18. The quantitative estimate of drug-likeness (QED) is 0.792. The van der Waals surface area contributed by atoms with Gasteiger partial charge in [0.15, 0.2) is 0 Å². The number of hydrogen-bond acceptors (Lipinski definition) is 1. The maximum Gasteiger partial charge on any atom is 0.471 e. The Morgan fingerprint density at radius 2 is 1.81 bits per heavy atom. The van der Waals surface area contributed by atoms with Crippen molar-refractivity contribution in [2.75, 3.05) is 7.05 Å². The van der Waals surface area contributed by atoms with Crippen LogP contribution in [0.25, 0.3) is 0 Å². The van der Waals surface area contributed by atoms with Crippen LogP contribution in [0.4, 0.5) is 13.2 Å². The Kier molecular flexibility index (Phi) is 3.80. The molecule has 6 heteroatoms. The lowest BCUT2D eigenvalue weighted by molar-refractivity contribution is -0.184. The topological polar surface area (TPSA) is 20.3 Å². The van der Waals surface area contributed by atoms with Crippen LogP contribution in [0.5, 0.6) is 0 Å². The van der Waals surface area contributed by atoms with Gasteiger partial charge in [-0.3, -0.25) is 4.79 Å².